The number of likely N-dealkylation sites (tertiary alicyclic amines) is 1. The second-order valence-electron chi connectivity index (χ2n) is 9.83. The fraction of sp³-hybridized carbons (Fsp3) is 0.720. The van der Waals surface area contributed by atoms with E-state index in [1.807, 2.05) is 6.92 Å². The van der Waals surface area contributed by atoms with E-state index in [2.05, 4.69) is 42.3 Å². The van der Waals surface area contributed by atoms with Crippen molar-refractivity contribution in [1.82, 2.24) is 10.2 Å². The Morgan fingerprint density at radius 2 is 1.96 bits per heavy atom. The van der Waals surface area contributed by atoms with E-state index in [1.54, 1.807) is 0 Å². The summed E-state index contributed by atoms with van der Waals surface area (Å²) in [5, 5.41) is 3.00. The number of aryl methyl sites for hydroxylation is 2. The second kappa shape index (κ2) is 8.18. The van der Waals surface area contributed by atoms with Gasteiger partial charge in [-0.25, -0.2) is 0 Å². The number of nitrogens with zero attached hydrogens (tertiary/aromatic N) is 1. The standard InChI is InChI=1S/C25H38N2O/c1-4-26-24(28)9-10-25(22-15-18(2)5-6-19(22)3)11-13-27(14-12-25)23-17-20-7-8-21(23)16-20/h5-6,15,20-21,23H,4,7-14,16-17H2,1-3H3,(H,26,28). The number of amides is 1. The largest absolute Gasteiger partial charge is 0.356 e. The molecule has 154 valence electrons. The van der Waals surface area contributed by atoms with Gasteiger partial charge in [-0.05, 0) is 101 Å². The highest BCUT2D eigenvalue weighted by molar-refractivity contribution is 5.76. The molecule has 4 rings (SSSR count). The Balaban J connectivity index is 1.51. The van der Waals surface area contributed by atoms with Crippen LogP contribution in [0.1, 0.15) is 75.0 Å². The van der Waals surface area contributed by atoms with Gasteiger partial charge in [0.2, 0.25) is 5.91 Å². The summed E-state index contributed by atoms with van der Waals surface area (Å²) in [6, 6.07) is 7.75. The molecular weight excluding hydrogens is 344 g/mol. The summed E-state index contributed by atoms with van der Waals surface area (Å²) in [7, 11) is 0. The van der Waals surface area contributed by atoms with E-state index in [4.69, 9.17) is 0 Å². The summed E-state index contributed by atoms with van der Waals surface area (Å²) >= 11 is 0. The lowest BCUT2D eigenvalue weighted by atomic mass is 9.67. The molecule has 2 saturated carbocycles. The van der Waals surface area contributed by atoms with E-state index >= 15 is 0 Å². The number of rotatable bonds is 6. The van der Waals surface area contributed by atoms with Crippen molar-refractivity contribution in [2.24, 2.45) is 11.8 Å². The summed E-state index contributed by atoms with van der Waals surface area (Å²) < 4.78 is 0. The van der Waals surface area contributed by atoms with Gasteiger partial charge in [0.05, 0.1) is 0 Å². The summed E-state index contributed by atoms with van der Waals surface area (Å²) in [5.41, 5.74) is 4.41. The fourth-order valence-corrected chi connectivity index (χ4v) is 6.54. The molecule has 2 aliphatic carbocycles. The molecule has 3 unspecified atom stereocenters. The molecule has 3 heteroatoms. The van der Waals surface area contributed by atoms with Crippen molar-refractivity contribution in [3.05, 3.63) is 34.9 Å². The highest BCUT2D eigenvalue weighted by Crippen LogP contribution is 2.49. The molecule has 1 aliphatic heterocycles. The van der Waals surface area contributed by atoms with Crippen LogP contribution in [-0.4, -0.2) is 36.5 Å². The van der Waals surface area contributed by atoms with E-state index in [0.717, 1.165) is 30.8 Å². The number of hydrogen-bond acceptors (Lipinski definition) is 2. The van der Waals surface area contributed by atoms with Crippen LogP contribution >= 0.6 is 0 Å². The first-order valence-electron chi connectivity index (χ1n) is 11.6. The molecule has 1 saturated heterocycles. The van der Waals surface area contributed by atoms with Crippen molar-refractivity contribution >= 4 is 5.91 Å². The first-order chi connectivity index (χ1) is 13.5. The zero-order valence-electron chi connectivity index (χ0n) is 18.1. The molecule has 1 heterocycles. The third-order valence-corrected chi connectivity index (χ3v) is 8.09. The number of carbonyl (C=O) groups excluding carboxylic acids is 1. The Morgan fingerprint density at radius 3 is 2.61 bits per heavy atom. The van der Waals surface area contributed by atoms with Crippen LogP contribution in [-0.2, 0) is 10.2 Å². The minimum atomic E-state index is 0.162. The van der Waals surface area contributed by atoms with Crippen molar-refractivity contribution in [1.29, 1.82) is 0 Å². The van der Waals surface area contributed by atoms with Crippen LogP contribution in [0.15, 0.2) is 18.2 Å². The van der Waals surface area contributed by atoms with Crippen LogP contribution in [0, 0.1) is 25.7 Å². The van der Waals surface area contributed by atoms with Crippen molar-refractivity contribution in [3.8, 4) is 0 Å². The number of hydrogen-bond donors (Lipinski definition) is 1. The van der Waals surface area contributed by atoms with Gasteiger partial charge in [0.1, 0.15) is 0 Å². The zero-order chi connectivity index (χ0) is 19.7. The van der Waals surface area contributed by atoms with E-state index < -0.39 is 0 Å². The van der Waals surface area contributed by atoms with Gasteiger partial charge in [0.15, 0.2) is 0 Å². The average molecular weight is 383 g/mol. The van der Waals surface area contributed by atoms with E-state index in [-0.39, 0.29) is 11.3 Å². The van der Waals surface area contributed by atoms with Crippen LogP contribution in [0.25, 0.3) is 0 Å². The molecule has 1 aromatic rings. The molecule has 3 nitrogen and oxygen atoms in total. The highest BCUT2D eigenvalue weighted by atomic mass is 16.1. The maximum atomic E-state index is 12.2. The van der Waals surface area contributed by atoms with E-state index in [9.17, 15) is 4.79 Å². The Morgan fingerprint density at radius 1 is 1.18 bits per heavy atom. The first-order valence-corrected chi connectivity index (χ1v) is 11.6. The molecule has 0 radical (unpaired) electrons. The molecule has 3 aliphatic rings. The lowest BCUT2D eigenvalue weighted by molar-refractivity contribution is -0.121. The third kappa shape index (κ3) is 3.87. The van der Waals surface area contributed by atoms with Crippen LogP contribution in [0.4, 0.5) is 0 Å². The van der Waals surface area contributed by atoms with Crippen LogP contribution in [0.2, 0.25) is 0 Å². The minimum absolute atomic E-state index is 0.162. The maximum absolute atomic E-state index is 12.2. The predicted octanol–water partition coefficient (Wildman–Crippen LogP) is 4.74. The van der Waals surface area contributed by atoms with Gasteiger partial charge >= 0.3 is 0 Å². The summed E-state index contributed by atoms with van der Waals surface area (Å²) in [5.74, 6) is 2.19. The van der Waals surface area contributed by atoms with Gasteiger partial charge in [0.25, 0.3) is 0 Å². The van der Waals surface area contributed by atoms with Gasteiger partial charge in [0, 0.05) is 19.0 Å². The number of fused-ring (bicyclic) bond motifs is 2. The third-order valence-electron chi connectivity index (χ3n) is 8.09. The molecule has 1 N–H and O–H groups in total. The summed E-state index contributed by atoms with van der Waals surface area (Å²) in [6.07, 6.45) is 9.90. The van der Waals surface area contributed by atoms with E-state index in [0.29, 0.717) is 6.42 Å². The molecule has 28 heavy (non-hydrogen) atoms. The van der Waals surface area contributed by atoms with Gasteiger partial charge < -0.3 is 10.2 Å². The molecule has 1 aromatic carbocycles. The summed E-state index contributed by atoms with van der Waals surface area (Å²) in [4.78, 5) is 15.1. The molecule has 3 fully saturated rings. The topological polar surface area (TPSA) is 32.3 Å². The van der Waals surface area contributed by atoms with Crippen molar-refractivity contribution in [2.75, 3.05) is 19.6 Å². The SMILES string of the molecule is CCNC(=O)CCC1(c2cc(C)ccc2C)CCN(C2CC3CCC2C3)CC1. The van der Waals surface area contributed by atoms with Gasteiger partial charge in [-0.2, -0.15) is 0 Å². The second-order valence-corrected chi connectivity index (χ2v) is 9.83. The van der Waals surface area contributed by atoms with Crippen molar-refractivity contribution in [3.63, 3.8) is 0 Å². The van der Waals surface area contributed by atoms with Crippen LogP contribution < -0.4 is 5.32 Å². The molecule has 2 bridgehead atoms. The molecular formula is C25H38N2O. The molecule has 0 spiro atoms. The fourth-order valence-electron chi connectivity index (χ4n) is 6.54. The van der Waals surface area contributed by atoms with Crippen LogP contribution in [0.5, 0.6) is 0 Å². The zero-order valence-corrected chi connectivity index (χ0v) is 18.1. The number of nitrogens with one attached hydrogen (secondary N) is 1. The summed E-state index contributed by atoms with van der Waals surface area (Å²) in [6.45, 7) is 9.60. The highest BCUT2D eigenvalue weighted by Gasteiger charge is 2.45. The smallest absolute Gasteiger partial charge is 0.220 e. The van der Waals surface area contributed by atoms with Crippen molar-refractivity contribution < 1.29 is 4.79 Å². The lowest BCUT2D eigenvalue weighted by Crippen LogP contribution is -2.49. The maximum Gasteiger partial charge on any atom is 0.220 e. The van der Waals surface area contributed by atoms with Crippen molar-refractivity contribution in [2.45, 2.75) is 83.6 Å². The normalized spacial score (nSPS) is 29.2. The Labute approximate surface area is 171 Å². The quantitative estimate of drug-likeness (QED) is 0.770. The molecule has 0 aromatic heterocycles. The molecule has 3 atom stereocenters. The monoisotopic (exact) mass is 382 g/mol. The Bertz CT molecular complexity index is 704. The Kier molecular flexibility index (Phi) is 5.83. The van der Waals surface area contributed by atoms with Crippen LogP contribution in [0.3, 0.4) is 0 Å². The number of benzene rings is 1. The first kappa shape index (κ1) is 19.9. The average Bonchev–Trinajstić information content (AvgIpc) is 3.32. The minimum Gasteiger partial charge on any atom is -0.356 e. The number of carbonyl (C=O) groups is 1. The predicted molar refractivity (Wildman–Crippen MR) is 116 cm³/mol. The van der Waals surface area contributed by atoms with Gasteiger partial charge in [-0.15, -0.1) is 0 Å². The molecule has 1 amide bonds. The van der Waals surface area contributed by atoms with E-state index in [1.165, 1.54) is 68.3 Å². The van der Waals surface area contributed by atoms with Gasteiger partial charge in [-0.3, -0.25) is 4.79 Å². The number of piperidine rings is 1. The Hall–Kier alpha value is -1.35. The lowest BCUT2D eigenvalue weighted by Gasteiger charge is -2.46. The van der Waals surface area contributed by atoms with Gasteiger partial charge in [-0.1, -0.05) is 30.2 Å².